The number of halogens is 1. The molecule has 0 radical (unpaired) electrons. The second-order valence-electron chi connectivity index (χ2n) is 9.28. The summed E-state index contributed by atoms with van der Waals surface area (Å²) in [5, 5.41) is 6.62. The van der Waals surface area contributed by atoms with Crippen LogP contribution in [0.2, 0.25) is 0 Å². The predicted octanol–water partition coefficient (Wildman–Crippen LogP) is 4.93. The highest BCUT2D eigenvalue weighted by Gasteiger charge is 2.31. The van der Waals surface area contributed by atoms with E-state index in [0.29, 0.717) is 16.7 Å². The Labute approximate surface area is 213 Å². The number of hydrogen-bond donors (Lipinski definition) is 3. The summed E-state index contributed by atoms with van der Waals surface area (Å²) < 4.78 is 14.7. The second-order valence-corrected chi connectivity index (χ2v) is 9.28. The monoisotopic (exact) mass is 495 g/mol. The van der Waals surface area contributed by atoms with Crippen LogP contribution >= 0.6 is 0 Å². The molecule has 0 bridgehead atoms. The molecular formula is C30H26FN3O3. The van der Waals surface area contributed by atoms with E-state index in [1.807, 2.05) is 60.8 Å². The van der Waals surface area contributed by atoms with Gasteiger partial charge in [0.1, 0.15) is 5.82 Å². The lowest BCUT2D eigenvalue weighted by atomic mass is 9.85. The third-order valence-electron chi connectivity index (χ3n) is 6.63. The molecule has 3 N–H and O–H groups in total. The van der Waals surface area contributed by atoms with Crippen LogP contribution in [0, 0.1) is 5.82 Å². The fourth-order valence-electron chi connectivity index (χ4n) is 4.78. The average molecular weight is 496 g/mol. The smallest absolute Gasteiger partial charge is 0.254 e. The molecule has 0 spiro atoms. The minimum absolute atomic E-state index is 0.111. The number of aromatic amines is 1. The zero-order valence-electron chi connectivity index (χ0n) is 20.3. The molecule has 37 heavy (non-hydrogen) atoms. The van der Waals surface area contributed by atoms with Crippen molar-refractivity contribution in [1.29, 1.82) is 0 Å². The van der Waals surface area contributed by atoms with Crippen LogP contribution in [-0.2, 0) is 22.6 Å². The highest BCUT2D eigenvalue weighted by molar-refractivity contribution is 6.02. The zero-order chi connectivity index (χ0) is 25.9. The normalized spacial score (nSPS) is 15.5. The molecule has 186 valence electrons. The van der Waals surface area contributed by atoms with Crippen LogP contribution < -0.4 is 10.6 Å². The van der Waals surface area contributed by atoms with Gasteiger partial charge in [-0.3, -0.25) is 14.4 Å². The van der Waals surface area contributed by atoms with Gasteiger partial charge in [0.05, 0.1) is 11.6 Å². The van der Waals surface area contributed by atoms with Gasteiger partial charge in [-0.15, -0.1) is 0 Å². The van der Waals surface area contributed by atoms with Crippen LogP contribution in [0.4, 0.5) is 4.39 Å². The molecule has 0 saturated carbocycles. The van der Waals surface area contributed by atoms with E-state index in [1.54, 1.807) is 6.92 Å². The fraction of sp³-hybridized carbons (Fsp3) is 0.167. The summed E-state index contributed by atoms with van der Waals surface area (Å²) in [5.74, 6) is -1.60. The lowest BCUT2D eigenvalue weighted by Crippen LogP contribution is -2.37. The lowest BCUT2D eigenvalue weighted by molar-refractivity contribution is -0.121. The Balaban J connectivity index is 1.41. The molecule has 0 fully saturated rings. The number of fused-ring (bicyclic) bond motifs is 1. The molecule has 7 heteroatoms. The average Bonchev–Trinajstić information content (AvgIpc) is 3.35. The second kappa shape index (κ2) is 10.2. The topological polar surface area (TPSA) is 91.1 Å². The van der Waals surface area contributed by atoms with Crippen LogP contribution in [0.25, 0.3) is 10.9 Å². The predicted molar refractivity (Wildman–Crippen MR) is 139 cm³/mol. The van der Waals surface area contributed by atoms with Crippen LogP contribution in [-0.4, -0.2) is 22.6 Å². The Bertz CT molecular complexity index is 1540. The Morgan fingerprint density at radius 3 is 2.62 bits per heavy atom. The molecule has 4 aromatic rings. The number of ketones is 1. The first-order valence-electron chi connectivity index (χ1n) is 12.1. The van der Waals surface area contributed by atoms with Gasteiger partial charge >= 0.3 is 0 Å². The van der Waals surface area contributed by atoms with Gasteiger partial charge in [-0.25, -0.2) is 4.39 Å². The van der Waals surface area contributed by atoms with E-state index in [4.69, 9.17) is 0 Å². The van der Waals surface area contributed by atoms with Crippen LogP contribution in [0.15, 0.2) is 90.1 Å². The van der Waals surface area contributed by atoms with Crippen molar-refractivity contribution >= 4 is 28.5 Å². The molecule has 2 heterocycles. The van der Waals surface area contributed by atoms with Crippen molar-refractivity contribution in [2.45, 2.75) is 32.4 Å². The minimum Gasteiger partial charge on any atom is -0.361 e. The summed E-state index contributed by atoms with van der Waals surface area (Å²) in [5.41, 5.74) is 4.19. The quantitative estimate of drug-likeness (QED) is 0.340. The van der Waals surface area contributed by atoms with E-state index in [0.717, 1.165) is 22.0 Å². The van der Waals surface area contributed by atoms with E-state index < -0.39 is 17.8 Å². The van der Waals surface area contributed by atoms with Crippen molar-refractivity contribution in [2.24, 2.45) is 0 Å². The van der Waals surface area contributed by atoms with Crippen molar-refractivity contribution in [2.75, 3.05) is 0 Å². The summed E-state index contributed by atoms with van der Waals surface area (Å²) in [7, 11) is 0. The Kier molecular flexibility index (Phi) is 6.68. The number of hydrogen-bond acceptors (Lipinski definition) is 3. The first kappa shape index (κ1) is 24.2. The lowest BCUT2D eigenvalue weighted by Gasteiger charge is -2.28. The number of aromatic nitrogens is 1. The Morgan fingerprint density at radius 2 is 1.81 bits per heavy atom. The highest BCUT2D eigenvalue weighted by atomic mass is 19.1. The zero-order valence-corrected chi connectivity index (χ0v) is 20.3. The molecule has 1 aromatic heterocycles. The van der Waals surface area contributed by atoms with Gasteiger partial charge in [-0.1, -0.05) is 48.0 Å². The van der Waals surface area contributed by atoms with Crippen molar-refractivity contribution in [1.82, 2.24) is 15.6 Å². The van der Waals surface area contributed by atoms with E-state index in [2.05, 4.69) is 15.6 Å². The number of nitrogens with one attached hydrogen (secondary N) is 3. The number of carbonyl (C=O) groups is 3. The largest absolute Gasteiger partial charge is 0.361 e. The van der Waals surface area contributed by atoms with E-state index in [-0.39, 0.29) is 36.6 Å². The van der Waals surface area contributed by atoms with E-state index in [9.17, 15) is 18.8 Å². The van der Waals surface area contributed by atoms with Gasteiger partial charge in [0.15, 0.2) is 5.78 Å². The van der Waals surface area contributed by atoms with Gasteiger partial charge in [0.25, 0.3) is 5.91 Å². The van der Waals surface area contributed by atoms with Crippen LogP contribution in [0.3, 0.4) is 0 Å². The van der Waals surface area contributed by atoms with Gasteiger partial charge < -0.3 is 15.6 Å². The molecule has 5 rings (SSSR count). The molecule has 1 aliphatic rings. The minimum atomic E-state index is -0.772. The van der Waals surface area contributed by atoms with Crippen LogP contribution in [0.5, 0.6) is 0 Å². The molecule has 0 aliphatic carbocycles. The SMILES string of the molecule is CC1=C(C(=O)Cc2ccc3[nH]ccc3c2)C(c2ccc(F)c(C(=O)NCc3ccccc3)c2)NC(=O)C1. The Morgan fingerprint density at radius 1 is 1.00 bits per heavy atom. The molecule has 0 saturated heterocycles. The maximum atomic E-state index is 14.7. The summed E-state index contributed by atoms with van der Waals surface area (Å²) >= 11 is 0. The number of amides is 2. The fourth-order valence-corrected chi connectivity index (χ4v) is 4.78. The summed E-state index contributed by atoms with van der Waals surface area (Å²) in [6.07, 6.45) is 2.11. The molecular weight excluding hydrogens is 469 g/mol. The van der Waals surface area contributed by atoms with E-state index >= 15 is 0 Å². The first-order chi connectivity index (χ1) is 17.9. The Hall–Kier alpha value is -4.52. The maximum Gasteiger partial charge on any atom is 0.254 e. The van der Waals surface area contributed by atoms with Gasteiger partial charge in [0.2, 0.25) is 5.91 Å². The standard InChI is InChI=1S/C30H26FN3O3/c1-18-13-27(36)34-29(28(18)26(35)15-20-7-10-25-21(14-20)11-12-32-25)22-8-9-24(31)23(16-22)30(37)33-17-19-5-3-2-4-6-19/h2-12,14,16,29,32H,13,15,17H2,1H3,(H,33,37)(H,34,36). The third kappa shape index (κ3) is 5.21. The van der Waals surface area contributed by atoms with E-state index in [1.165, 1.54) is 18.2 Å². The number of carbonyl (C=O) groups excluding carboxylic acids is 3. The summed E-state index contributed by atoms with van der Waals surface area (Å²) in [4.78, 5) is 41.9. The number of benzene rings is 3. The molecule has 3 aromatic carbocycles. The molecule has 1 unspecified atom stereocenters. The maximum absolute atomic E-state index is 14.7. The molecule has 1 atom stereocenters. The molecule has 1 aliphatic heterocycles. The van der Waals surface area contributed by atoms with Gasteiger partial charge in [-0.05, 0) is 59.3 Å². The van der Waals surface area contributed by atoms with Crippen molar-refractivity contribution < 1.29 is 18.8 Å². The van der Waals surface area contributed by atoms with Crippen molar-refractivity contribution in [3.63, 3.8) is 0 Å². The molecule has 6 nitrogen and oxygen atoms in total. The first-order valence-corrected chi connectivity index (χ1v) is 12.1. The van der Waals surface area contributed by atoms with Gasteiger partial charge in [-0.2, -0.15) is 0 Å². The van der Waals surface area contributed by atoms with Crippen molar-refractivity contribution in [3.8, 4) is 0 Å². The summed E-state index contributed by atoms with van der Waals surface area (Å²) in [6, 6.07) is 20.4. The number of Topliss-reactive ketones (excluding diaryl/α,β-unsaturated/α-hetero) is 1. The van der Waals surface area contributed by atoms with Crippen LogP contribution in [0.1, 0.15) is 46.4 Å². The highest BCUT2D eigenvalue weighted by Crippen LogP contribution is 2.32. The number of rotatable bonds is 7. The summed E-state index contributed by atoms with van der Waals surface area (Å²) in [6.45, 7) is 2.02. The third-order valence-corrected chi connectivity index (χ3v) is 6.63. The number of H-pyrrole nitrogens is 1. The molecule has 2 amide bonds. The van der Waals surface area contributed by atoms with Crippen molar-refractivity contribution in [3.05, 3.63) is 118 Å². The van der Waals surface area contributed by atoms with Gasteiger partial charge in [0, 0.05) is 36.7 Å².